The van der Waals surface area contributed by atoms with E-state index < -0.39 is 0 Å². The first-order valence-corrected chi connectivity index (χ1v) is 21.8. The number of aromatic nitrogens is 2. The van der Waals surface area contributed by atoms with Crippen molar-refractivity contribution in [1.82, 2.24) is 9.13 Å². The fourth-order valence-electron chi connectivity index (χ4n) is 10.6. The van der Waals surface area contributed by atoms with E-state index in [1.807, 2.05) is 0 Å². The van der Waals surface area contributed by atoms with Gasteiger partial charge in [0.25, 0.3) is 0 Å². The summed E-state index contributed by atoms with van der Waals surface area (Å²) in [6.45, 7) is 15.3. The molecule has 0 saturated carbocycles. The van der Waals surface area contributed by atoms with Crippen molar-refractivity contribution in [2.24, 2.45) is 0 Å². The third-order valence-electron chi connectivity index (χ3n) is 13.5. The minimum atomic E-state index is -0.320. The molecule has 302 valence electrons. The van der Waals surface area contributed by atoms with Crippen molar-refractivity contribution in [2.75, 3.05) is 0 Å². The molecule has 10 aromatic rings. The second-order valence-corrected chi connectivity index (χ2v) is 18.6. The first kappa shape index (κ1) is 38.3. The molecule has 2 aromatic heterocycles. The van der Waals surface area contributed by atoms with Crippen molar-refractivity contribution in [3.05, 3.63) is 201 Å². The summed E-state index contributed by atoms with van der Waals surface area (Å²) in [7, 11) is 0. The number of rotatable bonds is 4. The number of hydrogen-bond donors (Lipinski definition) is 0. The molecule has 0 fully saturated rings. The normalized spacial score (nSPS) is 12.6. The van der Waals surface area contributed by atoms with Gasteiger partial charge in [-0.3, -0.25) is 0 Å². The van der Waals surface area contributed by atoms with Gasteiger partial charge in [0.2, 0.25) is 0 Å². The van der Waals surface area contributed by atoms with Gasteiger partial charge in [-0.05, 0) is 108 Å². The number of hydrogen-bond acceptors (Lipinski definition) is 2. The first-order valence-electron chi connectivity index (χ1n) is 21.8. The molecule has 4 nitrogen and oxygen atoms in total. The standard InChI is InChI=1S/C59H46N4/c1-34-16-24-42-44(28-34)45-29-35(2)17-25-43(45)55(42)56-48(32-60)57(62-50-14-10-8-12-40(50)41-13-9-11-15-51(41)62)49(33-61)58(54(56)38-20-22-39(23-21-38)59(5,6)7)63-52-26-18-36(3)30-46(52)47-31-37(4)19-27-53(47)63/h8-31,55H,1-7H3. The zero-order chi connectivity index (χ0) is 43.5. The summed E-state index contributed by atoms with van der Waals surface area (Å²) < 4.78 is 4.53. The number of nitrogens with zero attached hydrogens (tertiary/aromatic N) is 4. The second-order valence-electron chi connectivity index (χ2n) is 18.6. The van der Waals surface area contributed by atoms with Gasteiger partial charge in [0.1, 0.15) is 17.7 Å². The molecule has 8 aromatic carbocycles. The molecule has 1 aliphatic rings. The van der Waals surface area contributed by atoms with Crippen LogP contribution in [0.5, 0.6) is 0 Å². The molecular formula is C59H46N4. The molecule has 0 unspecified atom stereocenters. The van der Waals surface area contributed by atoms with E-state index in [0.717, 1.165) is 88.2 Å². The molecule has 0 aliphatic heterocycles. The largest absolute Gasteiger partial charge is 0.307 e. The van der Waals surface area contributed by atoms with Crippen LogP contribution in [0.2, 0.25) is 0 Å². The topological polar surface area (TPSA) is 57.4 Å². The highest BCUT2D eigenvalue weighted by molar-refractivity contribution is 6.12. The van der Waals surface area contributed by atoms with E-state index in [2.05, 4.69) is 215 Å². The van der Waals surface area contributed by atoms with Gasteiger partial charge in [-0.25, -0.2) is 0 Å². The van der Waals surface area contributed by atoms with Crippen LogP contribution in [0.15, 0.2) is 146 Å². The van der Waals surface area contributed by atoms with Gasteiger partial charge in [0.15, 0.2) is 0 Å². The number of fused-ring (bicyclic) bond motifs is 9. The summed E-state index contributed by atoms with van der Waals surface area (Å²) in [6.07, 6.45) is 0. The van der Waals surface area contributed by atoms with Crippen molar-refractivity contribution in [1.29, 1.82) is 10.5 Å². The van der Waals surface area contributed by atoms with Gasteiger partial charge in [-0.1, -0.05) is 152 Å². The zero-order valence-electron chi connectivity index (χ0n) is 36.7. The van der Waals surface area contributed by atoms with Gasteiger partial charge in [-0.15, -0.1) is 0 Å². The van der Waals surface area contributed by atoms with Crippen LogP contribution in [-0.2, 0) is 5.41 Å². The average molecular weight is 811 g/mol. The Balaban J connectivity index is 1.44. The van der Waals surface area contributed by atoms with Crippen LogP contribution in [0.1, 0.15) is 82.3 Å². The summed E-state index contributed by atoms with van der Waals surface area (Å²) in [5, 5.41) is 28.5. The van der Waals surface area contributed by atoms with Crippen LogP contribution in [0.25, 0.3) is 77.2 Å². The molecule has 4 heteroatoms. The maximum atomic E-state index is 12.1. The van der Waals surface area contributed by atoms with E-state index in [0.29, 0.717) is 16.8 Å². The van der Waals surface area contributed by atoms with E-state index in [1.165, 1.54) is 27.8 Å². The Morgan fingerprint density at radius 1 is 0.460 bits per heavy atom. The third kappa shape index (κ3) is 5.65. The lowest BCUT2D eigenvalue weighted by Crippen LogP contribution is -2.15. The summed E-state index contributed by atoms with van der Waals surface area (Å²) in [5.74, 6) is -0.320. The van der Waals surface area contributed by atoms with Gasteiger partial charge in [0, 0.05) is 33.0 Å². The molecule has 0 amide bonds. The van der Waals surface area contributed by atoms with E-state index >= 15 is 0 Å². The van der Waals surface area contributed by atoms with Crippen molar-refractivity contribution < 1.29 is 0 Å². The smallest absolute Gasteiger partial charge is 0.104 e. The fourth-order valence-corrected chi connectivity index (χ4v) is 10.6. The fraction of sp³-hybridized carbons (Fsp3) is 0.153. The molecular weight excluding hydrogens is 765 g/mol. The van der Waals surface area contributed by atoms with Crippen LogP contribution in [-0.4, -0.2) is 9.13 Å². The summed E-state index contributed by atoms with van der Waals surface area (Å²) in [6, 6.07) is 58.1. The Bertz CT molecular complexity index is 3500. The average Bonchev–Trinajstić information content (AvgIpc) is 3.89. The molecule has 0 N–H and O–H groups in total. The Kier molecular flexibility index (Phi) is 8.46. The molecule has 63 heavy (non-hydrogen) atoms. The van der Waals surface area contributed by atoms with Crippen LogP contribution in [0.4, 0.5) is 0 Å². The Morgan fingerprint density at radius 2 is 0.905 bits per heavy atom. The van der Waals surface area contributed by atoms with Crippen molar-refractivity contribution in [2.45, 2.75) is 59.8 Å². The van der Waals surface area contributed by atoms with Crippen LogP contribution in [0.3, 0.4) is 0 Å². The molecule has 0 saturated heterocycles. The Morgan fingerprint density at radius 3 is 1.40 bits per heavy atom. The predicted molar refractivity (Wildman–Crippen MR) is 260 cm³/mol. The highest BCUT2D eigenvalue weighted by atomic mass is 15.0. The molecule has 0 atom stereocenters. The summed E-state index contributed by atoms with van der Waals surface area (Å²) >= 11 is 0. The van der Waals surface area contributed by atoms with E-state index in [-0.39, 0.29) is 11.3 Å². The number of aryl methyl sites for hydroxylation is 4. The maximum absolute atomic E-state index is 12.1. The monoisotopic (exact) mass is 810 g/mol. The minimum absolute atomic E-state index is 0.0815. The van der Waals surface area contributed by atoms with Crippen LogP contribution < -0.4 is 0 Å². The highest BCUT2D eigenvalue weighted by Gasteiger charge is 2.39. The molecule has 11 rings (SSSR count). The van der Waals surface area contributed by atoms with Gasteiger partial charge < -0.3 is 9.13 Å². The molecule has 0 bridgehead atoms. The van der Waals surface area contributed by atoms with E-state index in [1.54, 1.807) is 0 Å². The van der Waals surface area contributed by atoms with Gasteiger partial charge in [-0.2, -0.15) is 10.5 Å². The molecule has 0 radical (unpaired) electrons. The lowest BCUT2D eigenvalue weighted by Gasteiger charge is -2.29. The van der Waals surface area contributed by atoms with Crippen molar-refractivity contribution >= 4 is 43.6 Å². The van der Waals surface area contributed by atoms with Crippen LogP contribution >= 0.6 is 0 Å². The molecule has 2 heterocycles. The minimum Gasteiger partial charge on any atom is -0.307 e. The van der Waals surface area contributed by atoms with Gasteiger partial charge in [0.05, 0.1) is 39.0 Å². The van der Waals surface area contributed by atoms with Crippen molar-refractivity contribution in [3.8, 4) is 45.8 Å². The lowest BCUT2D eigenvalue weighted by molar-refractivity contribution is 0.590. The van der Waals surface area contributed by atoms with Gasteiger partial charge >= 0.3 is 0 Å². The zero-order valence-corrected chi connectivity index (χ0v) is 36.7. The predicted octanol–water partition coefficient (Wildman–Crippen LogP) is 15.0. The second kappa shape index (κ2) is 13.9. The Hall–Kier alpha value is -7.66. The SMILES string of the molecule is Cc1ccc2c(c1)-c1cc(C)ccc1C2c1c(C#N)c(-n2c3ccccc3c3ccccc32)c(C#N)c(-n2c3ccc(C)cc3c3cc(C)ccc32)c1-c1ccc(C(C)(C)C)cc1. The summed E-state index contributed by atoms with van der Waals surface area (Å²) in [5.41, 5.74) is 19.5. The quantitative estimate of drug-likeness (QED) is 0.178. The van der Waals surface area contributed by atoms with Crippen LogP contribution in [0, 0.1) is 50.4 Å². The number of para-hydroxylation sites is 2. The number of benzene rings is 8. The van der Waals surface area contributed by atoms with Crippen molar-refractivity contribution in [3.63, 3.8) is 0 Å². The van der Waals surface area contributed by atoms with E-state index in [4.69, 9.17) is 0 Å². The highest BCUT2D eigenvalue weighted by Crippen LogP contribution is 2.55. The summed E-state index contributed by atoms with van der Waals surface area (Å²) in [4.78, 5) is 0. The molecule has 1 aliphatic carbocycles. The van der Waals surface area contributed by atoms with E-state index in [9.17, 15) is 10.5 Å². The Labute approximate surface area is 368 Å². The number of nitriles is 2. The maximum Gasteiger partial charge on any atom is 0.104 e. The third-order valence-corrected chi connectivity index (χ3v) is 13.5. The molecule has 0 spiro atoms. The first-order chi connectivity index (χ1) is 30.5. The lowest BCUT2D eigenvalue weighted by atomic mass is 9.78.